The monoisotopic (exact) mass is 315 g/mol. The summed E-state index contributed by atoms with van der Waals surface area (Å²) in [5.74, 6) is 0.304. The minimum absolute atomic E-state index is 0.0403. The van der Waals surface area contributed by atoms with Crippen LogP contribution in [0.2, 0.25) is 10.0 Å². The first-order valence-corrected chi connectivity index (χ1v) is 7.56. The van der Waals surface area contributed by atoms with Crippen molar-refractivity contribution >= 4 is 29.1 Å². The first-order valence-electron chi connectivity index (χ1n) is 6.81. The summed E-state index contributed by atoms with van der Waals surface area (Å²) in [6, 6.07) is 2.73. The fraction of sp³-hybridized carbons (Fsp3) is 0.533. The van der Waals surface area contributed by atoms with E-state index in [1.54, 1.807) is 4.90 Å². The molecule has 0 aromatic heterocycles. The van der Waals surface area contributed by atoms with Crippen LogP contribution in [0.25, 0.3) is 0 Å². The second-order valence-electron chi connectivity index (χ2n) is 6.18. The Kier molecular flexibility index (Phi) is 3.46. The number of benzene rings is 1. The Morgan fingerprint density at radius 1 is 1.40 bits per heavy atom. The molecule has 0 spiro atoms. The summed E-state index contributed by atoms with van der Waals surface area (Å²) in [6.45, 7) is 3.03. The molecule has 0 radical (unpaired) electrons. The van der Waals surface area contributed by atoms with Gasteiger partial charge < -0.3 is 4.90 Å². The molecule has 1 heterocycles. The van der Waals surface area contributed by atoms with Gasteiger partial charge in [0, 0.05) is 18.5 Å². The van der Waals surface area contributed by atoms with Gasteiger partial charge >= 0.3 is 0 Å². The molecule has 2 aliphatic rings. The van der Waals surface area contributed by atoms with Crippen LogP contribution in [0.4, 0.5) is 4.39 Å². The molecule has 108 valence electrons. The number of hydrogen-bond acceptors (Lipinski definition) is 1. The maximum absolute atomic E-state index is 13.9. The van der Waals surface area contributed by atoms with E-state index in [9.17, 15) is 9.18 Å². The van der Waals surface area contributed by atoms with E-state index in [-0.39, 0.29) is 22.9 Å². The van der Waals surface area contributed by atoms with Gasteiger partial charge in [-0.3, -0.25) is 4.79 Å². The average Bonchev–Trinajstić information content (AvgIpc) is 3.19. The highest BCUT2D eigenvalue weighted by Gasteiger charge is 2.49. The zero-order chi connectivity index (χ0) is 14.5. The summed E-state index contributed by atoms with van der Waals surface area (Å²) in [7, 11) is 0. The third-order valence-corrected chi connectivity index (χ3v) is 5.35. The second kappa shape index (κ2) is 4.88. The minimum atomic E-state index is -0.410. The summed E-state index contributed by atoms with van der Waals surface area (Å²) >= 11 is 12.0. The van der Waals surface area contributed by atoms with Crippen LogP contribution in [0.1, 0.15) is 31.7 Å². The normalized spacial score (nSPS) is 26.4. The zero-order valence-electron chi connectivity index (χ0n) is 11.3. The Balaban J connectivity index is 1.82. The lowest BCUT2D eigenvalue weighted by atomic mass is 9.84. The Morgan fingerprint density at radius 2 is 2.10 bits per heavy atom. The predicted octanol–water partition coefficient (Wildman–Crippen LogP) is 4.28. The molecule has 1 saturated carbocycles. The number of carbonyl (C=O) groups excluding carboxylic acids is 1. The van der Waals surface area contributed by atoms with Gasteiger partial charge in [-0.15, -0.1) is 0 Å². The van der Waals surface area contributed by atoms with Crippen LogP contribution in [0.5, 0.6) is 0 Å². The molecular formula is C15H16Cl2FNO. The molecule has 0 unspecified atom stereocenters. The van der Waals surface area contributed by atoms with Gasteiger partial charge in [0.2, 0.25) is 5.91 Å². The highest BCUT2D eigenvalue weighted by Crippen LogP contribution is 2.51. The summed E-state index contributed by atoms with van der Waals surface area (Å²) in [6.07, 6.45) is 2.95. The number of amides is 1. The molecule has 5 heteroatoms. The van der Waals surface area contributed by atoms with E-state index in [0.29, 0.717) is 29.5 Å². The highest BCUT2D eigenvalue weighted by atomic mass is 35.5. The molecule has 3 rings (SSSR count). The second-order valence-corrected chi connectivity index (χ2v) is 6.96. The van der Waals surface area contributed by atoms with Gasteiger partial charge in [0.15, 0.2) is 0 Å². The van der Waals surface area contributed by atoms with E-state index in [1.165, 1.54) is 25.0 Å². The van der Waals surface area contributed by atoms with Crippen molar-refractivity contribution in [2.24, 2.45) is 11.3 Å². The third kappa shape index (κ3) is 2.42. The zero-order valence-corrected chi connectivity index (χ0v) is 12.8. The lowest BCUT2D eigenvalue weighted by Gasteiger charge is -2.24. The van der Waals surface area contributed by atoms with Gasteiger partial charge in [-0.1, -0.05) is 30.1 Å². The van der Waals surface area contributed by atoms with Gasteiger partial charge in [-0.2, -0.15) is 0 Å². The van der Waals surface area contributed by atoms with Crippen LogP contribution in [0, 0.1) is 17.2 Å². The van der Waals surface area contributed by atoms with Crippen molar-refractivity contribution < 1.29 is 9.18 Å². The van der Waals surface area contributed by atoms with Crippen molar-refractivity contribution in [2.75, 3.05) is 6.54 Å². The topological polar surface area (TPSA) is 20.3 Å². The molecule has 1 aliphatic carbocycles. The Labute approximate surface area is 127 Å². The van der Waals surface area contributed by atoms with Gasteiger partial charge in [-0.25, -0.2) is 4.39 Å². The van der Waals surface area contributed by atoms with E-state index in [2.05, 4.69) is 6.92 Å². The Hall–Kier alpha value is -0.800. The fourth-order valence-corrected chi connectivity index (χ4v) is 3.53. The van der Waals surface area contributed by atoms with Gasteiger partial charge in [0.05, 0.1) is 16.6 Å². The summed E-state index contributed by atoms with van der Waals surface area (Å²) in [5, 5.41) is 0.527. The lowest BCUT2D eigenvalue weighted by Crippen LogP contribution is -2.28. The molecule has 1 aromatic rings. The highest BCUT2D eigenvalue weighted by molar-refractivity contribution is 6.42. The number of carbonyl (C=O) groups is 1. The van der Waals surface area contributed by atoms with Crippen LogP contribution < -0.4 is 0 Å². The van der Waals surface area contributed by atoms with Crippen LogP contribution in [0.15, 0.2) is 12.1 Å². The Morgan fingerprint density at radius 3 is 2.75 bits per heavy atom. The van der Waals surface area contributed by atoms with Crippen molar-refractivity contribution in [1.29, 1.82) is 0 Å². The quantitative estimate of drug-likeness (QED) is 0.762. The number of halogens is 3. The largest absolute Gasteiger partial charge is 0.338 e. The van der Waals surface area contributed by atoms with E-state index in [4.69, 9.17) is 23.2 Å². The van der Waals surface area contributed by atoms with Gasteiger partial charge in [-0.05, 0) is 36.3 Å². The number of likely N-dealkylation sites (tertiary alicyclic amines) is 1. The van der Waals surface area contributed by atoms with E-state index in [1.807, 2.05) is 0 Å². The summed E-state index contributed by atoms with van der Waals surface area (Å²) < 4.78 is 13.9. The average molecular weight is 316 g/mol. The smallest absolute Gasteiger partial charge is 0.223 e. The van der Waals surface area contributed by atoms with Crippen LogP contribution in [-0.4, -0.2) is 17.4 Å². The van der Waals surface area contributed by atoms with Crippen molar-refractivity contribution in [1.82, 2.24) is 4.90 Å². The molecule has 1 aliphatic heterocycles. The molecule has 1 amide bonds. The van der Waals surface area contributed by atoms with E-state index < -0.39 is 5.82 Å². The van der Waals surface area contributed by atoms with E-state index in [0.717, 1.165) is 0 Å². The first-order chi connectivity index (χ1) is 9.40. The molecule has 1 saturated heterocycles. The molecule has 0 bridgehead atoms. The fourth-order valence-electron chi connectivity index (χ4n) is 3.14. The molecule has 0 N–H and O–H groups in total. The van der Waals surface area contributed by atoms with Crippen molar-refractivity contribution in [3.8, 4) is 0 Å². The Bertz CT molecular complexity index is 573. The lowest BCUT2D eigenvalue weighted by molar-refractivity contribution is -0.128. The number of nitrogens with zero attached hydrogens (tertiary/aromatic N) is 1. The van der Waals surface area contributed by atoms with E-state index >= 15 is 0 Å². The summed E-state index contributed by atoms with van der Waals surface area (Å²) in [5.41, 5.74) is 0.353. The molecule has 1 aromatic carbocycles. The molecular weight excluding hydrogens is 300 g/mol. The van der Waals surface area contributed by atoms with Crippen LogP contribution in [0.3, 0.4) is 0 Å². The van der Waals surface area contributed by atoms with Gasteiger partial charge in [0.1, 0.15) is 5.82 Å². The SMILES string of the molecule is C[C@@]1(C2CC2)CC(=O)N(Cc2c(F)ccc(Cl)c2Cl)C1. The van der Waals surface area contributed by atoms with Crippen molar-refractivity contribution in [3.63, 3.8) is 0 Å². The molecule has 2 nitrogen and oxygen atoms in total. The molecule has 1 atom stereocenters. The predicted molar refractivity (Wildman–Crippen MR) is 77.3 cm³/mol. The van der Waals surface area contributed by atoms with Crippen LogP contribution >= 0.6 is 23.2 Å². The standard InChI is InChI=1S/C15H16Cl2FNO/c1-15(9-2-3-9)6-13(20)19(8-15)7-10-12(18)5-4-11(16)14(10)17/h4-5,9H,2-3,6-8H2,1H3/t15-/m1/s1. The molecule has 2 fully saturated rings. The maximum atomic E-state index is 13.9. The van der Waals surface area contributed by atoms with Crippen LogP contribution in [-0.2, 0) is 11.3 Å². The summed E-state index contributed by atoms with van der Waals surface area (Å²) in [4.78, 5) is 13.9. The van der Waals surface area contributed by atoms with Crippen molar-refractivity contribution in [3.05, 3.63) is 33.6 Å². The van der Waals surface area contributed by atoms with Gasteiger partial charge in [0.25, 0.3) is 0 Å². The first kappa shape index (κ1) is 14.2. The maximum Gasteiger partial charge on any atom is 0.223 e. The number of rotatable bonds is 3. The number of hydrogen-bond donors (Lipinski definition) is 0. The minimum Gasteiger partial charge on any atom is -0.338 e. The third-order valence-electron chi connectivity index (χ3n) is 4.51. The molecule has 20 heavy (non-hydrogen) atoms. The van der Waals surface area contributed by atoms with Crippen molar-refractivity contribution in [2.45, 2.75) is 32.7 Å².